The van der Waals surface area contributed by atoms with E-state index in [4.69, 9.17) is 16.0 Å². The first-order valence-electron chi connectivity index (χ1n) is 9.56. The number of thioether (sulfide) groups is 1. The van der Waals surface area contributed by atoms with Crippen molar-refractivity contribution in [3.8, 4) is 5.82 Å². The number of aryl methyl sites for hydroxylation is 1. The van der Waals surface area contributed by atoms with E-state index >= 15 is 0 Å². The van der Waals surface area contributed by atoms with Gasteiger partial charge in [0.1, 0.15) is 36.0 Å². The molecule has 2 unspecified atom stereocenters. The number of aliphatic hydroxyl groups is 2. The number of hydrogen-bond donors (Lipinski definition) is 2. The third-order valence-electron chi connectivity index (χ3n) is 5.01. The number of pyridine rings is 1. The van der Waals surface area contributed by atoms with Crippen LogP contribution in [0.4, 0.5) is 5.82 Å². The molecular formula is C19H20BrN7O4S. The molecule has 2 N–H and O–H groups in total. The normalized spacial score (nSPS) is 25.6. The van der Waals surface area contributed by atoms with Crippen LogP contribution in [0.2, 0.25) is 0 Å². The minimum Gasteiger partial charge on any atom is -0.394 e. The molecule has 11 nitrogen and oxygen atoms in total. The van der Waals surface area contributed by atoms with Crippen LogP contribution in [-0.2, 0) is 9.47 Å². The first kappa shape index (κ1) is 22.8. The van der Waals surface area contributed by atoms with Crippen molar-refractivity contribution in [3.63, 3.8) is 0 Å². The molecule has 0 aliphatic carbocycles. The van der Waals surface area contributed by atoms with Gasteiger partial charge in [0.15, 0.2) is 5.82 Å². The van der Waals surface area contributed by atoms with Crippen molar-refractivity contribution in [2.24, 2.45) is 0 Å². The van der Waals surface area contributed by atoms with Gasteiger partial charge in [-0.15, -0.1) is 21.8 Å². The van der Waals surface area contributed by atoms with Crippen molar-refractivity contribution in [1.82, 2.24) is 29.8 Å². The van der Waals surface area contributed by atoms with E-state index in [0.29, 0.717) is 15.2 Å². The first-order valence-corrected chi connectivity index (χ1v) is 11.2. The molecule has 3 aromatic rings. The second-order valence-electron chi connectivity index (χ2n) is 7.07. The van der Waals surface area contributed by atoms with E-state index in [1.54, 1.807) is 29.3 Å². The van der Waals surface area contributed by atoms with E-state index in [9.17, 15) is 10.2 Å². The van der Waals surface area contributed by atoms with Crippen molar-refractivity contribution >= 4 is 33.5 Å². The fourth-order valence-corrected chi connectivity index (χ4v) is 5.22. The Labute approximate surface area is 196 Å². The molecule has 1 fully saturated rings. The lowest BCUT2D eigenvalue weighted by atomic mass is 9.97. The number of rotatable bonds is 6. The topological polar surface area (TPSA) is 125 Å². The minimum atomic E-state index is -1.11. The Morgan fingerprint density at radius 1 is 1.44 bits per heavy atom. The van der Waals surface area contributed by atoms with Crippen LogP contribution < -0.4 is 0 Å². The summed E-state index contributed by atoms with van der Waals surface area (Å²) in [5, 5.41) is 33.4. The highest BCUT2D eigenvalue weighted by Gasteiger charge is 2.47. The monoisotopic (exact) mass is 521 g/mol. The van der Waals surface area contributed by atoms with Gasteiger partial charge in [-0.1, -0.05) is 11.8 Å². The molecule has 1 saturated heterocycles. The highest BCUT2D eigenvalue weighted by atomic mass is 79.9. The van der Waals surface area contributed by atoms with Gasteiger partial charge in [0.25, 0.3) is 5.82 Å². The highest BCUT2D eigenvalue weighted by molar-refractivity contribution is 9.10. The van der Waals surface area contributed by atoms with Crippen molar-refractivity contribution < 1.29 is 19.7 Å². The maximum absolute atomic E-state index is 10.9. The Hall–Kier alpha value is -2.34. The molecule has 3 aromatic heterocycles. The SMILES string of the molecule is [C-]#[N+]c1ncc(Br)cc1S[C@H]1OC(CO)[C@H](O)[C@H](n2cc(-n3ccc(C)n3)nn2)C1OC. The summed E-state index contributed by atoms with van der Waals surface area (Å²) in [4.78, 5) is 8.17. The fraction of sp³-hybridized carbons (Fsp3) is 0.421. The van der Waals surface area contributed by atoms with E-state index in [2.05, 4.69) is 41.2 Å². The molecule has 4 rings (SSSR count). The van der Waals surface area contributed by atoms with Gasteiger partial charge in [0, 0.05) is 18.2 Å². The predicted molar refractivity (Wildman–Crippen MR) is 118 cm³/mol. The summed E-state index contributed by atoms with van der Waals surface area (Å²) in [5.41, 5.74) is 0.164. The quantitative estimate of drug-likeness (QED) is 0.467. The fourth-order valence-electron chi connectivity index (χ4n) is 3.48. The van der Waals surface area contributed by atoms with Crippen LogP contribution in [0.15, 0.2) is 40.1 Å². The molecule has 13 heteroatoms. The molecule has 0 spiro atoms. The van der Waals surface area contributed by atoms with Crippen LogP contribution in [0, 0.1) is 13.5 Å². The summed E-state index contributed by atoms with van der Waals surface area (Å²) in [6.07, 6.45) is 2.28. The van der Waals surface area contributed by atoms with Gasteiger partial charge < -0.3 is 24.5 Å². The maximum Gasteiger partial charge on any atom is 0.283 e. The summed E-state index contributed by atoms with van der Waals surface area (Å²) in [7, 11) is 1.50. The zero-order valence-corrected chi connectivity index (χ0v) is 19.5. The van der Waals surface area contributed by atoms with E-state index < -0.39 is 36.4 Å². The standard InChI is InChI=1S/C19H20BrN7O4S/c1-10-4-5-26(24-10)14-8-27(25-23-14)15-16(29)12(9-28)31-19(17(15)30-3)32-13-6-11(20)7-22-18(13)21-2/h4-8,12,15-17,19,28-29H,9H2,1,3H3/t12?,15-,16-,17?,19+/m0/s1. The zero-order valence-electron chi connectivity index (χ0n) is 17.1. The zero-order chi connectivity index (χ0) is 22.8. The van der Waals surface area contributed by atoms with Gasteiger partial charge >= 0.3 is 0 Å². The molecule has 0 bridgehead atoms. The second kappa shape index (κ2) is 9.65. The van der Waals surface area contributed by atoms with Gasteiger partial charge in [-0.25, -0.2) is 9.36 Å². The van der Waals surface area contributed by atoms with Crippen LogP contribution in [-0.4, -0.2) is 77.4 Å². The number of ether oxygens (including phenoxy) is 2. The van der Waals surface area contributed by atoms with Gasteiger partial charge in [-0.2, -0.15) is 5.10 Å². The van der Waals surface area contributed by atoms with E-state index in [1.807, 2.05) is 13.0 Å². The number of halogens is 1. The smallest absolute Gasteiger partial charge is 0.283 e. The van der Waals surface area contributed by atoms with Crippen LogP contribution in [0.1, 0.15) is 11.7 Å². The molecule has 5 atom stereocenters. The van der Waals surface area contributed by atoms with E-state index in [1.165, 1.54) is 23.6 Å². The Bertz CT molecular complexity index is 1130. The van der Waals surface area contributed by atoms with Crippen LogP contribution in [0.5, 0.6) is 0 Å². The Balaban J connectivity index is 1.68. The number of nitrogens with zero attached hydrogens (tertiary/aromatic N) is 7. The molecule has 168 valence electrons. The third kappa shape index (κ3) is 4.42. The lowest BCUT2D eigenvalue weighted by Crippen LogP contribution is -2.55. The van der Waals surface area contributed by atoms with Gasteiger partial charge in [0.05, 0.1) is 23.0 Å². The Morgan fingerprint density at radius 3 is 2.91 bits per heavy atom. The third-order valence-corrected chi connectivity index (χ3v) is 6.61. The summed E-state index contributed by atoms with van der Waals surface area (Å²) in [5.74, 6) is 0.694. The predicted octanol–water partition coefficient (Wildman–Crippen LogP) is 1.91. The lowest BCUT2D eigenvalue weighted by molar-refractivity contribution is -0.186. The molecule has 0 saturated carbocycles. The number of aromatic nitrogens is 6. The summed E-state index contributed by atoms with van der Waals surface area (Å²) >= 11 is 4.61. The average Bonchev–Trinajstić information content (AvgIpc) is 3.43. The number of methoxy groups -OCH3 is 1. The van der Waals surface area contributed by atoms with E-state index in [-0.39, 0.29) is 5.82 Å². The van der Waals surface area contributed by atoms with E-state index in [0.717, 1.165) is 5.69 Å². The first-order chi connectivity index (χ1) is 15.4. The second-order valence-corrected chi connectivity index (χ2v) is 9.13. The molecule has 1 aliphatic heterocycles. The van der Waals surface area contributed by atoms with Crippen molar-refractivity contribution in [3.05, 3.63) is 52.3 Å². The maximum atomic E-state index is 10.9. The van der Waals surface area contributed by atoms with Gasteiger partial charge in [-0.3, -0.25) is 0 Å². The summed E-state index contributed by atoms with van der Waals surface area (Å²) in [6.45, 7) is 8.85. The highest BCUT2D eigenvalue weighted by Crippen LogP contribution is 2.42. The Kier molecular flexibility index (Phi) is 6.89. The van der Waals surface area contributed by atoms with Crippen LogP contribution in [0.25, 0.3) is 10.7 Å². The molecule has 1 aliphatic rings. The molecule has 32 heavy (non-hydrogen) atoms. The molecular weight excluding hydrogens is 502 g/mol. The lowest BCUT2D eigenvalue weighted by Gasteiger charge is -2.43. The van der Waals surface area contributed by atoms with Crippen molar-refractivity contribution in [2.75, 3.05) is 13.7 Å². The molecule has 0 radical (unpaired) electrons. The van der Waals surface area contributed by atoms with Crippen molar-refractivity contribution in [1.29, 1.82) is 0 Å². The van der Waals surface area contributed by atoms with Crippen LogP contribution >= 0.6 is 27.7 Å². The number of aliphatic hydroxyl groups excluding tert-OH is 2. The molecule has 0 aromatic carbocycles. The Morgan fingerprint density at radius 2 is 2.25 bits per heavy atom. The largest absolute Gasteiger partial charge is 0.394 e. The molecule has 0 amide bonds. The minimum absolute atomic E-state index is 0.219. The van der Waals surface area contributed by atoms with Crippen molar-refractivity contribution in [2.45, 2.75) is 41.6 Å². The molecule has 4 heterocycles. The average molecular weight is 522 g/mol. The van der Waals surface area contributed by atoms with Crippen LogP contribution in [0.3, 0.4) is 0 Å². The van der Waals surface area contributed by atoms with Gasteiger partial charge in [-0.05, 0) is 35.0 Å². The number of hydrogen-bond acceptors (Lipinski definition) is 9. The summed E-state index contributed by atoms with van der Waals surface area (Å²) < 4.78 is 15.5. The summed E-state index contributed by atoms with van der Waals surface area (Å²) in [6, 6.07) is 2.90. The van der Waals surface area contributed by atoms with Gasteiger partial charge in [0.2, 0.25) is 0 Å².